The molecule has 0 aromatic heterocycles. The van der Waals surface area contributed by atoms with E-state index in [-0.39, 0.29) is 31.1 Å². The minimum atomic E-state index is -0.820. The zero-order valence-corrected chi connectivity index (χ0v) is 37.9. The van der Waals surface area contributed by atoms with E-state index in [0.29, 0.717) is 19.3 Å². The molecule has 0 aromatic carbocycles. The molecule has 0 spiro atoms. The molecule has 1 atom stereocenters. The van der Waals surface area contributed by atoms with E-state index in [1.165, 1.54) is 19.3 Å². The first-order valence-corrected chi connectivity index (χ1v) is 23.3. The second kappa shape index (κ2) is 47.2. The molecule has 0 heterocycles. The molecule has 0 saturated carbocycles. The minimum Gasteiger partial charge on any atom is -0.462 e. The third kappa shape index (κ3) is 44.6. The normalized spacial score (nSPS) is 13.3. The van der Waals surface area contributed by atoms with Gasteiger partial charge in [-0.15, -0.1) is 0 Å². The predicted octanol–water partition coefficient (Wildman–Crippen LogP) is 15.1. The first-order valence-electron chi connectivity index (χ1n) is 23.3. The summed E-state index contributed by atoms with van der Waals surface area (Å²) in [7, 11) is 0. The van der Waals surface area contributed by atoms with Crippen molar-refractivity contribution in [3.05, 3.63) is 134 Å². The Morgan fingerprint density at radius 1 is 0.350 bits per heavy atom. The average molecular weight is 827 g/mol. The number of esters is 3. The Kier molecular flexibility index (Phi) is 43.7. The smallest absolute Gasteiger partial charge is 0.306 e. The number of carbonyl (C=O) groups excluding carboxylic acids is 3. The van der Waals surface area contributed by atoms with Crippen LogP contribution in [0, 0.1) is 0 Å². The standard InChI is InChI=1S/C54H82O6/c1-4-7-10-13-16-19-22-25-27-30-32-35-38-41-44-47-53(56)59-50-51(49-58-52(55)46-43-40-37-34-31-28-24-21-18-15-12-9-6-3)60-54(57)48-45-42-39-36-33-29-26-23-20-17-14-11-8-5-2/h7-13,15-22,24-25,27-28,30-32,51H,4-6,14,23,26,29,33-50H2,1-3H3/b10-7-,11-8-,12-9-,16-13-,18-15-,20-17-,22-19-,24-21-,27-25-,31-28-,32-30-. The van der Waals surface area contributed by atoms with Gasteiger partial charge >= 0.3 is 17.9 Å². The van der Waals surface area contributed by atoms with E-state index in [4.69, 9.17) is 14.2 Å². The molecule has 6 nitrogen and oxygen atoms in total. The summed E-state index contributed by atoms with van der Waals surface area (Å²) in [5.41, 5.74) is 0. The van der Waals surface area contributed by atoms with Crippen molar-refractivity contribution < 1.29 is 28.6 Å². The van der Waals surface area contributed by atoms with Gasteiger partial charge in [-0.3, -0.25) is 14.4 Å². The van der Waals surface area contributed by atoms with Gasteiger partial charge in [0.05, 0.1) is 0 Å². The summed E-state index contributed by atoms with van der Waals surface area (Å²) in [5, 5.41) is 0. The van der Waals surface area contributed by atoms with E-state index < -0.39 is 6.10 Å². The number of allylic oxidation sites excluding steroid dienone is 22. The lowest BCUT2D eigenvalue weighted by molar-refractivity contribution is -0.167. The Hall–Kier alpha value is -4.45. The zero-order valence-electron chi connectivity index (χ0n) is 37.9. The number of rotatable bonds is 39. The van der Waals surface area contributed by atoms with Gasteiger partial charge in [0.25, 0.3) is 0 Å². The van der Waals surface area contributed by atoms with Crippen LogP contribution in [-0.2, 0) is 28.6 Å². The van der Waals surface area contributed by atoms with Crippen molar-refractivity contribution in [3.63, 3.8) is 0 Å². The topological polar surface area (TPSA) is 78.9 Å². The van der Waals surface area contributed by atoms with Crippen molar-refractivity contribution >= 4 is 17.9 Å². The highest BCUT2D eigenvalue weighted by molar-refractivity contribution is 5.71. The molecule has 0 aliphatic carbocycles. The second-order valence-electron chi connectivity index (χ2n) is 14.7. The number of unbranched alkanes of at least 4 members (excludes halogenated alkanes) is 13. The van der Waals surface area contributed by atoms with Gasteiger partial charge in [-0.05, 0) is 83.5 Å². The van der Waals surface area contributed by atoms with Crippen LogP contribution in [0.15, 0.2) is 134 Å². The molecule has 6 heteroatoms. The van der Waals surface area contributed by atoms with Crippen molar-refractivity contribution in [2.75, 3.05) is 13.2 Å². The summed E-state index contributed by atoms with van der Waals surface area (Å²) in [5.74, 6) is -1.02. The molecule has 0 rings (SSSR count). The number of ether oxygens (including phenoxy) is 3. The first-order chi connectivity index (χ1) is 29.5. The van der Waals surface area contributed by atoms with Crippen molar-refractivity contribution in [2.24, 2.45) is 0 Å². The third-order valence-corrected chi connectivity index (χ3v) is 9.10. The van der Waals surface area contributed by atoms with Crippen LogP contribution in [-0.4, -0.2) is 37.2 Å². The molecule has 0 N–H and O–H groups in total. The second-order valence-corrected chi connectivity index (χ2v) is 14.7. The molecule has 1 unspecified atom stereocenters. The number of hydrogen-bond donors (Lipinski definition) is 0. The van der Waals surface area contributed by atoms with Crippen LogP contribution in [0.2, 0.25) is 0 Å². The summed E-state index contributed by atoms with van der Waals surface area (Å²) < 4.78 is 16.7. The van der Waals surface area contributed by atoms with E-state index in [0.717, 1.165) is 109 Å². The van der Waals surface area contributed by atoms with Gasteiger partial charge in [-0.25, -0.2) is 0 Å². The quantitative estimate of drug-likeness (QED) is 0.0202. The van der Waals surface area contributed by atoms with Gasteiger partial charge in [0, 0.05) is 19.3 Å². The SMILES string of the molecule is CC\C=C/C=C\C=C/C=C\C=C/CCCCCC(=O)OCC(COC(=O)CCCCC\C=C/C=C\C=C/C=C\CC)OC(=O)CCCCCCCCC/C=C\C/C=C\CC. The lowest BCUT2D eigenvalue weighted by atomic mass is 10.1. The maximum Gasteiger partial charge on any atom is 0.306 e. The summed E-state index contributed by atoms with van der Waals surface area (Å²) in [6.45, 7) is 6.13. The molecular formula is C54H82O6. The van der Waals surface area contributed by atoms with Crippen molar-refractivity contribution in [1.82, 2.24) is 0 Å². The van der Waals surface area contributed by atoms with Crippen LogP contribution in [0.1, 0.15) is 168 Å². The van der Waals surface area contributed by atoms with E-state index >= 15 is 0 Å². The fourth-order valence-electron chi connectivity index (χ4n) is 5.69. The molecule has 0 saturated heterocycles. The van der Waals surface area contributed by atoms with Gasteiger partial charge in [-0.2, -0.15) is 0 Å². The maximum atomic E-state index is 12.8. The minimum absolute atomic E-state index is 0.121. The van der Waals surface area contributed by atoms with Crippen LogP contribution >= 0.6 is 0 Å². The predicted molar refractivity (Wildman–Crippen MR) is 256 cm³/mol. The molecule has 0 fully saturated rings. The summed E-state index contributed by atoms with van der Waals surface area (Å²) >= 11 is 0. The van der Waals surface area contributed by atoms with Crippen LogP contribution < -0.4 is 0 Å². The Morgan fingerprint density at radius 3 is 1.13 bits per heavy atom. The summed E-state index contributed by atoms with van der Waals surface area (Å²) in [6.07, 6.45) is 65.7. The highest BCUT2D eigenvalue weighted by Crippen LogP contribution is 2.12. The highest BCUT2D eigenvalue weighted by atomic mass is 16.6. The Morgan fingerprint density at radius 2 is 0.683 bits per heavy atom. The monoisotopic (exact) mass is 827 g/mol. The molecule has 0 aliphatic rings. The Balaban J connectivity index is 4.58. The molecule has 0 radical (unpaired) electrons. The van der Waals surface area contributed by atoms with Gasteiger partial charge in [-0.1, -0.05) is 199 Å². The molecule has 0 aliphatic heterocycles. The van der Waals surface area contributed by atoms with E-state index in [1.54, 1.807) is 0 Å². The lowest BCUT2D eigenvalue weighted by Gasteiger charge is -2.18. The molecule has 0 amide bonds. The summed E-state index contributed by atoms with van der Waals surface area (Å²) in [4.78, 5) is 37.8. The van der Waals surface area contributed by atoms with Crippen LogP contribution in [0.25, 0.3) is 0 Å². The first kappa shape index (κ1) is 55.5. The molecule has 0 aromatic rings. The average Bonchev–Trinajstić information content (AvgIpc) is 3.24. The van der Waals surface area contributed by atoms with Crippen molar-refractivity contribution in [1.29, 1.82) is 0 Å². The molecule has 60 heavy (non-hydrogen) atoms. The number of hydrogen-bond acceptors (Lipinski definition) is 6. The van der Waals surface area contributed by atoms with E-state index in [2.05, 4.69) is 69.4 Å². The summed E-state index contributed by atoms with van der Waals surface area (Å²) in [6, 6.07) is 0. The lowest BCUT2D eigenvalue weighted by Crippen LogP contribution is -2.30. The largest absolute Gasteiger partial charge is 0.462 e. The van der Waals surface area contributed by atoms with Gasteiger partial charge in [0.1, 0.15) is 13.2 Å². The fourth-order valence-corrected chi connectivity index (χ4v) is 5.69. The van der Waals surface area contributed by atoms with Gasteiger partial charge < -0.3 is 14.2 Å². The van der Waals surface area contributed by atoms with Crippen molar-refractivity contribution in [3.8, 4) is 0 Å². The number of carbonyl (C=O) groups is 3. The fraction of sp³-hybridized carbons (Fsp3) is 0.537. The Bertz CT molecular complexity index is 1370. The zero-order chi connectivity index (χ0) is 43.7. The molecule has 334 valence electrons. The van der Waals surface area contributed by atoms with Gasteiger partial charge in [0.2, 0.25) is 0 Å². The van der Waals surface area contributed by atoms with E-state index in [1.807, 2.05) is 85.1 Å². The molecule has 0 bridgehead atoms. The van der Waals surface area contributed by atoms with Crippen LogP contribution in [0.4, 0.5) is 0 Å². The Labute approximate surface area is 366 Å². The van der Waals surface area contributed by atoms with Gasteiger partial charge in [0.15, 0.2) is 6.10 Å². The highest BCUT2D eigenvalue weighted by Gasteiger charge is 2.19. The maximum absolute atomic E-state index is 12.8. The van der Waals surface area contributed by atoms with Crippen molar-refractivity contribution in [2.45, 2.75) is 175 Å². The van der Waals surface area contributed by atoms with E-state index in [9.17, 15) is 14.4 Å². The molecular weight excluding hydrogens is 745 g/mol. The van der Waals surface area contributed by atoms with Crippen LogP contribution in [0.3, 0.4) is 0 Å². The third-order valence-electron chi connectivity index (χ3n) is 9.10. The van der Waals surface area contributed by atoms with Crippen LogP contribution in [0.5, 0.6) is 0 Å².